The Morgan fingerprint density at radius 2 is 0.852 bits per heavy atom. The minimum Gasteiger partial charge on any atom is -0.370 e. The average molecular weight is 763 g/mol. The summed E-state index contributed by atoms with van der Waals surface area (Å²) in [6.07, 6.45) is -7.28. The van der Waals surface area contributed by atoms with E-state index >= 15 is 35.1 Å². The molecule has 0 aromatic heterocycles. The zero-order valence-electron chi connectivity index (χ0n) is 30.0. The van der Waals surface area contributed by atoms with Crippen LogP contribution in [0.2, 0.25) is 0 Å². The third-order valence-electron chi connectivity index (χ3n) is 9.94. The molecule has 0 saturated carbocycles. The van der Waals surface area contributed by atoms with Crippen molar-refractivity contribution in [2.24, 2.45) is 0 Å². The normalized spacial score (nSPS) is 20.1. The number of aryl methyl sites for hydroxylation is 2. The zero-order valence-corrected chi connectivity index (χ0v) is 30.0. The van der Waals surface area contributed by atoms with Crippen LogP contribution in [0.4, 0.5) is 35.1 Å². The molecule has 2 heterocycles. The van der Waals surface area contributed by atoms with Crippen LogP contribution in [0, 0.1) is 23.3 Å². The first-order chi connectivity index (χ1) is 25.8. The van der Waals surface area contributed by atoms with Crippen molar-refractivity contribution in [2.75, 3.05) is 13.2 Å². The van der Waals surface area contributed by atoms with Gasteiger partial charge in [0.2, 0.25) is 0 Å². The van der Waals surface area contributed by atoms with Gasteiger partial charge in [-0.1, -0.05) is 88.1 Å². The Morgan fingerprint density at radius 3 is 1.17 bits per heavy atom. The van der Waals surface area contributed by atoms with Crippen molar-refractivity contribution in [1.82, 2.24) is 0 Å². The van der Waals surface area contributed by atoms with Crippen LogP contribution in [0.15, 0.2) is 72.8 Å². The lowest BCUT2D eigenvalue weighted by molar-refractivity contribution is -0.289. The summed E-state index contributed by atoms with van der Waals surface area (Å²) in [5, 5.41) is 0. The van der Waals surface area contributed by atoms with Crippen molar-refractivity contribution >= 4 is 0 Å². The van der Waals surface area contributed by atoms with Crippen LogP contribution in [0.25, 0.3) is 22.3 Å². The van der Waals surface area contributed by atoms with Gasteiger partial charge in [0.15, 0.2) is 0 Å². The molecular weight excluding hydrogens is 720 g/mol. The number of halogens is 8. The lowest BCUT2D eigenvalue weighted by atomic mass is 9.99. The number of benzene rings is 4. The first-order valence-electron chi connectivity index (χ1n) is 18.3. The molecule has 2 aliphatic heterocycles. The predicted octanol–water partition coefficient (Wildman–Crippen LogP) is 11.4. The van der Waals surface area contributed by atoms with E-state index in [4.69, 9.17) is 18.9 Å². The SMILES string of the molecule is CCCCCc1ccc(-c2cc(F)c(C(F)(F)O[C@H]3CO[C@@H]4[C@H]3OC[C@H]4OC(F)(F)c3c(F)cc(-c4ccc(CCCCC)cc4)cc3F)c(F)c2)cc1. The van der Waals surface area contributed by atoms with Gasteiger partial charge in [-0.15, -0.1) is 0 Å². The number of fused-ring (bicyclic) bond motifs is 1. The molecule has 0 N–H and O–H groups in total. The Bertz CT molecular complexity index is 1700. The van der Waals surface area contributed by atoms with E-state index in [0.29, 0.717) is 11.1 Å². The maximum absolute atomic E-state index is 15.4. The van der Waals surface area contributed by atoms with Crippen molar-refractivity contribution in [3.05, 3.63) is 118 Å². The predicted molar refractivity (Wildman–Crippen MR) is 187 cm³/mol. The molecule has 0 spiro atoms. The Labute approximate surface area is 309 Å². The molecule has 54 heavy (non-hydrogen) atoms. The van der Waals surface area contributed by atoms with Gasteiger partial charge >= 0.3 is 12.2 Å². The van der Waals surface area contributed by atoms with Crippen LogP contribution in [0.3, 0.4) is 0 Å². The molecule has 2 aliphatic rings. The van der Waals surface area contributed by atoms with Crippen LogP contribution < -0.4 is 0 Å². The van der Waals surface area contributed by atoms with Crippen LogP contribution in [-0.2, 0) is 44.0 Å². The number of hydrogen-bond acceptors (Lipinski definition) is 4. The number of alkyl halides is 4. The van der Waals surface area contributed by atoms with E-state index in [2.05, 4.69) is 13.8 Å². The van der Waals surface area contributed by atoms with Crippen molar-refractivity contribution in [1.29, 1.82) is 0 Å². The molecule has 4 atom stereocenters. The van der Waals surface area contributed by atoms with E-state index in [-0.39, 0.29) is 11.1 Å². The van der Waals surface area contributed by atoms with Crippen molar-refractivity contribution in [2.45, 2.75) is 102 Å². The summed E-state index contributed by atoms with van der Waals surface area (Å²) in [6, 6.07) is 17.0. The molecule has 0 amide bonds. The zero-order chi connectivity index (χ0) is 38.6. The van der Waals surface area contributed by atoms with E-state index in [0.717, 1.165) is 86.8 Å². The van der Waals surface area contributed by atoms with Crippen molar-refractivity contribution in [3.63, 3.8) is 0 Å². The molecule has 290 valence electrons. The van der Waals surface area contributed by atoms with Crippen molar-refractivity contribution < 1.29 is 54.1 Å². The summed E-state index contributed by atoms with van der Waals surface area (Å²) in [4.78, 5) is 0. The summed E-state index contributed by atoms with van der Waals surface area (Å²) in [5.74, 6) is -6.22. The molecule has 0 bridgehead atoms. The van der Waals surface area contributed by atoms with Gasteiger partial charge in [0, 0.05) is 0 Å². The van der Waals surface area contributed by atoms with Gasteiger partial charge in [0.05, 0.1) is 13.2 Å². The molecule has 0 aliphatic carbocycles. The van der Waals surface area contributed by atoms with Crippen LogP contribution >= 0.6 is 0 Å². The highest BCUT2D eigenvalue weighted by Crippen LogP contribution is 2.43. The topological polar surface area (TPSA) is 36.9 Å². The highest BCUT2D eigenvalue weighted by Gasteiger charge is 2.56. The van der Waals surface area contributed by atoms with E-state index in [1.807, 2.05) is 24.3 Å². The second kappa shape index (κ2) is 16.9. The quantitative estimate of drug-likeness (QED) is 0.0841. The lowest BCUT2D eigenvalue weighted by Crippen LogP contribution is -2.39. The van der Waals surface area contributed by atoms with Gasteiger partial charge in [-0.25, -0.2) is 17.6 Å². The molecule has 0 unspecified atom stereocenters. The first kappa shape index (κ1) is 39.8. The second-order valence-corrected chi connectivity index (χ2v) is 13.9. The highest BCUT2D eigenvalue weighted by molar-refractivity contribution is 5.65. The van der Waals surface area contributed by atoms with Gasteiger partial charge in [0.1, 0.15) is 58.8 Å². The molecule has 2 saturated heterocycles. The Kier molecular flexibility index (Phi) is 12.5. The van der Waals surface area contributed by atoms with E-state index in [9.17, 15) is 0 Å². The van der Waals surface area contributed by atoms with E-state index in [1.54, 1.807) is 24.3 Å². The molecular formula is C42H42F8O4. The number of hydrogen-bond donors (Lipinski definition) is 0. The second-order valence-electron chi connectivity index (χ2n) is 13.9. The summed E-state index contributed by atoms with van der Waals surface area (Å²) >= 11 is 0. The Morgan fingerprint density at radius 1 is 0.519 bits per heavy atom. The average Bonchev–Trinajstić information content (AvgIpc) is 3.70. The van der Waals surface area contributed by atoms with E-state index < -0.39 is 84.2 Å². The third-order valence-corrected chi connectivity index (χ3v) is 9.94. The summed E-state index contributed by atoms with van der Waals surface area (Å²) < 4.78 is 143. The number of unbranched alkanes of at least 4 members (excludes halogenated alkanes) is 4. The summed E-state index contributed by atoms with van der Waals surface area (Å²) in [7, 11) is 0. The highest BCUT2D eigenvalue weighted by atomic mass is 19.3. The lowest BCUT2D eigenvalue weighted by Gasteiger charge is -2.25. The summed E-state index contributed by atoms with van der Waals surface area (Å²) in [6.45, 7) is 2.92. The van der Waals surface area contributed by atoms with E-state index in [1.165, 1.54) is 0 Å². The molecule has 4 nitrogen and oxygen atoms in total. The number of ether oxygens (including phenoxy) is 4. The number of rotatable bonds is 16. The molecule has 6 rings (SSSR count). The van der Waals surface area contributed by atoms with Gasteiger partial charge in [-0.2, -0.15) is 17.6 Å². The minimum atomic E-state index is -4.52. The largest absolute Gasteiger partial charge is 0.389 e. The Balaban J connectivity index is 1.10. The standard InChI is InChI=1S/C42H42F8O4/c1-3-5-7-9-25-11-15-27(16-12-25)29-19-31(43)37(32(44)20-29)41(47,48)53-35-23-51-40-36(24-52-39(35)40)54-42(49,50)38-33(45)21-30(22-34(38)46)28-17-13-26(14-18-28)10-8-6-4-2/h11-22,35-36,39-40H,3-10,23-24H2,1-2H3/t35-,36+,39-,40-/m0/s1. The molecule has 0 radical (unpaired) electrons. The van der Waals surface area contributed by atoms with Gasteiger partial charge in [-0.3, -0.25) is 0 Å². The summed E-state index contributed by atoms with van der Waals surface area (Å²) in [5.41, 5.74) is -0.260. The smallest absolute Gasteiger partial charge is 0.370 e. The fourth-order valence-electron chi connectivity index (χ4n) is 7.05. The van der Waals surface area contributed by atoms with Gasteiger partial charge in [-0.05, 0) is 83.3 Å². The minimum absolute atomic E-state index is 0.0447. The Hall–Kier alpha value is -3.84. The van der Waals surface area contributed by atoms with Crippen LogP contribution in [0.1, 0.15) is 74.6 Å². The first-order valence-corrected chi connectivity index (χ1v) is 18.3. The van der Waals surface area contributed by atoms with Gasteiger partial charge in [0.25, 0.3) is 0 Å². The third kappa shape index (κ3) is 8.83. The molecule has 2 fully saturated rings. The molecule has 12 heteroatoms. The van der Waals surface area contributed by atoms with Gasteiger partial charge < -0.3 is 18.9 Å². The molecule has 4 aromatic rings. The van der Waals surface area contributed by atoms with Crippen molar-refractivity contribution in [3.8, 4) is 22.3 Å². The monoisotopic (exact) mass is 762 g/mol. The fourth-order valence-corrected chi connectivity index (χ4v) is 7.05. The maximum atomic E-state index is 15.4. The van der Waals surface area contributed by atoms with Crippen LogP contribution in [-0.4, -0.2) is 37.6 Å². The molecule has 4 aromatic carbocycles. The maximum Gasteiger partial charge on any atom is 0.389 e. The fraction of sp³-hybridized carbons (Fsp3) is 0.429. The van der Waals surface area contributed by atoms with Crippen LogP contribution in [0.5, 0.6) is 0 Å².